The number of rotatable bonds is 22. The lowest BCUT2D eigenvalue weighted by molar-refractivity contribution is -0.146. The van der Waals surface area contributed by atoms with Crippen molar-refractivity contribution in [2.24, 2.45) is 0 Å². The van der Waals surface area contributed by atoms with Gasteiger partial charge in [-0.15, -0.1) is 0 Å². The summed E-state index contributed by atoms with van der Waals surface area (Å²) in [5, 5.41) is 40.0. The van der Waals surface area contributed by atoms with Crippen molar-refractivity contribution < 1.29 is 34.7 Å². The molecule has 1 aromatic rings. The maximum Gasteiger partial charge on any atom is 0.330 e. The summed E-state index contributed by atoms with van der Waals surface area (Å²) in [6.07, 6.45) is 16.7. The van der Waals surface area contributed by atoms with Crippen LogP contribution in [0.2, 0.25) is 0 Å². The van der Waals surface area contributed by atoms with Gasteiger partial charge in [0.05, 0.1) is 13.2 Å². The van der Waals surface area contributed by atoms with Gasteiger partial charge in [0, 0.05) is 6.08 Å². The van der Waals surface area contributed by atoms with E-state index < -0.39 is 30.9 Å². The highest BCUT2D eigenvalue weighted by Gasteiger charge is 2.25. The predicted molar refractivity (Wildman–Crippen MR) is 148 cm³/mol. The SMILES string of the molecule is CCCCCCCCCCCCCCCCC(O)C(O)C(O)COC(=O)C=Cc1ccc(O)c(OC)c1. The number of hydrogen-bond acceptors (Lipinski definition) is 7. The van der Waals surface area contributed by atoms with Gasteiger partial charge in [0.15, 0.2) is 11.5 Å². The van der Waals surface area contributed by atoms with Crippen molar-refractivity contribution in [2.45, 2.75) is 122 Å². The Kier molecular flexibility index (Phi) is 18.6. The van der Waals surface area contributed by atoms with Crippen LogP contribution in [-0.4, -0.2) is 58.4 Å². The van der Waals surface area contributed by atoms with Gasteiger partial charge in [-0.2, -0.15) is 0 Å². The summed E-state index contributed by atoms with van der Waals surface area (Å²) in [6, 6.07) is 4.61. The Morgan fingerprint density at radius 3 is 1.92 bits per heavy atom. The lowest BCUT2D eigenvalue weighted by Gasteiger charge is -2.22. The molecule has 1 rings (SSSR count). The molecule has 0 aromatic heterocycles. The molecule has 0 amide bonds. The number of carbonyl (C=O) groups is 1. The molecule has 0 spiro atoms. The number of aromatic hydroxyl groups is 1. The van der Waals surface area contributed by atoms with Crippen molar-refractivity contribution in [1.29, 1.82) is 0 Å². The van der Waals surface area contributed by atoms with Crippen LogP contribution in [0.25, 0.3) is 6.08 Å². The van der Waals surface area contributed by atoms with Gasteiger partial charge in [0.2, 0.25) is 0 Å². The second kappa shape index (κ2) is 20.9. The number of unbranched alkanes of at least 4 members (excludes halogenated alkanes) is 13. The predicted octanol–water partition coefficient (Wildman–Crippen LogP) is 5.91. The van der Waals surface area contributed by atoms with E-state index in [2.05, 4.69) is 6.92 Å². The molecule has 37 heavy (non-hydrogen) atoms. The minimum atomic E-state index is -1.37. The van der Waals surface area contributed by atoms with E-state index in [1.54, 1.807) is 12.1 Å². The van der Waals surface area contributed by atoms with Crippen molar-refractivity contribution in [1.82, 2.24) is 0 Å². The maximum absolute atomic E-state index is 11.9. The second-order valence-corrected chi connectivity index (χ2v) is 9.90. The first kappa shape index (κ1) is 32.9. The van der Waals surface area contributed by atoms with Crippen molar-refractivity contribution in [3.8, 4) is 11.5 Å². The third-order valence-corrected chi connectivity index (χ3v) is 6.65. The Bertz CT molecular complexity index is 749. The zero-order chi connectivity index (χ0) is 27.3. The van der Waals surface area contributed by atoms with E-state index in [-0.39, 0.29) is 11.5 Å². The molecule has 7 heteroatoms. The highest BCUT2D eigenvalue weighted by molar-refractivity contribution is 5.87. The van der Waals surface area contributed by atoms with Crippen molar-refractivity contribution in [2.75, 3.05) is 13.7 Å². The van der Waals surface area contributed by atoms with Gasteiger partial charge in [0.1, 0.15) is 18.8 Å². The van der Waals surface area contributed by atoms with Gasteiger partial charge in [-0.25, -0.2) is 4.79 Å². The average Bonchev–Trinajstić information content (AvgIpc) is 2.90. The Morgan fingerprint density at radius 1 is 0.838 bits per heavy atom. The lowest BCUT2D eigenvalue weighted by Crippen LogP contribution is -2.40. The van der Waals surface area contributed by atoms with Gasteiger partial charge < -0.3 is 29.9 Å². The molecule has 0 aliphatic carbocycles. The lowest BCUT2D eigenvalue weighted by atomic mass is 10.0. The molecule has 212 valence electrons. The van der Waals surface area contributed by atoms with Gasteiger partial charge in [-0.1, -0.05) is 103 Å². The zero-order valence-electron chi connectivity index (χ0n) is 22.9. The molecule has 0 saturated carbocycles. The number of phenols is 1. The summed E-state index contributed by atoms with van der Waals surface area (Å²) in [6.45, 7) is 1.83. The third-order valence-electron chi connectivity index (χ3n) is 6.65. The smallest absolute Gasteiger partial charge is 0.330 e. The fourth-order valence-corrected chi connectivity index (χ4v) is 4.25. The zero-order valence-corrected chi connectivity index (χ0v) is 22.9. The van der Waals surface area contributed by atoms with Crippen molar-refractivity contribution in [3.63, 3.8) is 0 Å². The first-order chi connectivity index (χ1) is 17.9. The quantitative estimate of drug-likeness (QED) is 0.0849. The van der Waals surface area contributed by atoms with Crippen LogP contribution in [0.5, 0.6) is 11.5 Å². The summed E-state index contributed by atoms with van der Waals surface area (Å²) in [5.41, 5.74) is 0.621. The molecule has 0 aliphatic heterocycles. The van der Waals surface area contributed by atoms with E-state index in [4.69, 9.17) is 9.47 Å². The number of esters is 1. The highest BCUT2D eigenvalue weighted by atomic mass is 16.5. The Hall–Kier alpha value is -2.09. The number of aliphatic hydroxyl groups excluding tert-OH is 3. The molecule has 3 unspecified atom stereocenters. The van der Waals surface area contributed by atoms with Crippen molar-refractivity contribution >= 4 is 12.0 Å². The largest absolute Gasteiger partial charge is 0.504 e. The minimum absolute atomic E-state index is 0.00743. The standard InChI is InChI=1S/C30H50O7/c1-3-4-5-6-7-8-9-10-11-12-13-14-15-16-17-26(32)30(35)27(33)23-37-29(34)21-19-24-18-20-25(31)28(22-24)36-2/h18-22,26-27,30-33,35H,3-17,23H2,1-2H3. The molecular weight excluding hydrogens is 472 g/mol. The third kappa shape index (κ3) is 15.7. The van der Waals surface area contributed by atoms with Crippen LogP contribution >= 0.6 is 0 Å². The Morgan fingerprint density at radius 2 is 1.38 bits per heavy atom. The topological polar surface area (TPSA) is 116 Å². The molecule has 1 aromatic carbocycles. The maximum atomic E-state index is 11.9. The molecular formula is C30H50O7. The monoisotopic (exact) mass is 522 g/mol. The van der Waals surface area contributed by atoms with Gasteiger partial charge in [-0.05, 0) is 30.2 Å². The Labute approximate surface area is 223 Å². The number of benzene rings is 1. The highest BCUT2D eigenvalue weighted by Crippen LogP contribution is 2.26. The molecule has 4 N–H and O–H groups in total. The fraction of sp³-hybridized carbons (Fsp3) is 0.700. The van der Waals surface area contributed by atoms with Crippen molar-refractivity contribution in [3.05, 3.63) is 29.8 Å². The van der Waals surface area contributed by atoms with E-state index in [0.717, 1.165) is 19.3 Å². The fourth-order valence-electron chi connectivity index (χ4n) is 4.25. The number of hydrogen-bond donors (Lipinski definition) is 4. The van der Waals surface area contributed by atoms with Crippen LogP contribution in [0.3, 0.4) is 0 Å². The van der Waals surface area contributed by atoms with Gasteiger partial charge >= 0.3 is 5.97 Å². The molecule has 0 saturated heterocycles. The van der Waals surface area contributed by atoms with Crippen LogP contribution in [0.1, 0.15) is 109 Å². The van der Waals surface area contributed by atoms with E-state index in [9.17, 15) is 25.2 Å². The van der Waals surface area contributed by atoms with Crippen LogP contribution < -0.4 is 4.74 Å². The molecule has 0 fully saturated rings. The second-order valence-electron chi connectivity index (χ2n) is 9.90. The summed E-state index contributed by atoms with van der Waals surface area (Å²) < 4.78 is 9.99. The van der Waals surface area contributed by atoms with E-state index in [0.29, 0.717) is 12.0 Å². The number of methoxy groups -OCH3 is 1. The van der Waals surface area contributed by atoms with Gasteiger partial charge in [0.25, 0.3) is 0 Å². The summed E-state index contributed by atoms with van der Waals surface area (Å²) >= 11 is 0. The summed E-state index contributed by atoms with van der Waals surface area (Å²) in [7, 11) is 1.43. The van der Waals surface area contributed by atoms with Crippen LogP contribution in [0.15, 0.2) is 24.3 Å². The van der Waals surface area contributed by atoms with E-state index >= 15 is 0 Å². The van der Waals surface area contributed by atoms with Gasteiger partial charge in [-0.3, -0.25) is 0 Å². The molecule has 3 atom stereocenters. The molecule has 0 heterocycles. The van der Waals surface area contributed by atoms with Crippen LogP contribution in [-0.2, 0) is 9.53 Å². The van der Waals surface area contributed by atoms with E-state index in [1.165, 1.54) is 96.0 Å². The minimum Gasteiger partial charge on any atom is -0.504 e. The van der Waals surface area contributed by atoms with E-state index in [1.807, 2.05) is 0 Å². The molecule has 0 bridgehead atoms. The summed E-state index contributed by atoms with van der Waals surface area (Å²) in [5.74, 6) is -0.423. The van der Waals surface area contributed by atoms with Crippen LogP contribution in [0.4, 0.5) is 0 Å². The summed E-state index contributed by atoms with van der Waals surface area (Å²) in [4.78, 5) is 11.9. The average molecular weight is 523 g/mol. The number of phenolic OH excluding ortho intramolecular Hbond substituents is 1. The molecule has 7 nitrogen and oxygen atoms in total. The molecule has 0 radical (unpaired) electrons. The first-order valence-corrected chi connectivity index (χ1v) is 14.1. The number of carbonyl (C=O) groups excluding carboxylic acids is 1. The number of aliphatic hydroxyl groups is 3. The number of ether oxygens (including phenoxy) is 2. The Balaban J connectivity index is 2.09. The van der Waals surface area contributed by atoms with Crippen LogP contribution in [0, 0.1) is 0 Å². The molecule has 0 aliphatic rings. The normalized spacial score (nSPS) is 14.0. The first-order valence-electron chi connectivity index (χ1n) is 14.1.